The number of carbonyl (C=O) groups is 2. The van der Waals surface area contributed by atoms with Crippen LogP contribution in [0.2, 0.25) is 5.02 Å². The summed E-state index contributed by atoms with van der Waals surface area (Å²) in [5.41, 5.74) is 5.93. The third-order valence-corrected chi connectivity index (χ3v) is 2.93. The highest BCUT2D eigenvalue weighted by Crippen LogP contribution is 2.23. The van der Waals surface area contributed by atoms with Crippen LogP contribution in [0.1, 0.15) is 23.7 Å². The molecule has 1 atom stereocenters. The second-order valence-corrected chi connectivity index (χ2v) is 4.24. The van der Waals surface area contributed by atoms with Crippen molar-refractivity contribution >= 4 is 29.2 Å². The first-order valence-corrected chi connectivity index (χ1v) is 5.91. The molecular formula is C12H15ClN2O3. The van der Waals surface area contributed by atoms with E-state index in [9.17, 15) is 9.59 Å². The third kappa shape index (κ3) is 3.45. The van der Waals surface area contributed by atoms with Gasteiger partial charge in [-0.1, -0.05) is 18.5 Å². The second-order valence-electron chi connectivity index (χ2n) is 3.83. The number of anilines is 1. The zero-order chi connectivity index (χ0) is 13.7. The monoisotopic (exact) mass is 270 g/mol. The number of carbonyl (C=O) groups excluding carboxylic acids is 1. The topological polar surface area (TPSA) is 92.4 Å². The number of carboxylic acids is 1. The van der Waals surface area contributed by atoms with Gasteiger partial charge in [0.05, 0.1) is 22.2 Å². The summed E-state index contributed by atoms with van der Waals surface area (Å²) >= 11 is 5.90. The van der Waals surface area contributed by atoms with E-state index in [1.807, 2.05) is 6.92 Å². The maximum Gasteiger partial charge on any atom is 0.335 e. The highest BCUT2D eigenvalue weighted by Gasteiger charge is 2.16. The molecule has 0 bridgehead atoms. The Morgan fingerprint density at radius 2 is 2.17 bits per heavy atom. The van der Waals surface area contributed by atoms with Gasteiger partial charge in [0.1, 0.15) is 0 Å². The van der Waals surface area contributed by atoms with Gasteiger partial charge in [-0.2, -0.15) is 0 Å². The van der Waals surface area contributed by atoms with Crippen molar-refractivity contribution in [2.45, 2.75) is 13.3 Å². The van der Waals surface area contributed by atoms with Crippen LogP contribution < -0.4 is 11.1 Å². The van der Waals surface area contributed by atoms with Gasteiger partial charge >= 0.3 is 5.97 Å². The first-order valence-electron chi connectivity index (χ1n) is 5.53. The molecule has 0 heterocycles. The fourth-order valence-electron chi connectivity index (χ4n) is 1.44. The first kappa shape index (κ1) is 14.5. The van der Waals surface area contributed by atoms with Crippen molar-refractivity contribution in [3.8, 4) is 0 Å². The number of nitrogens with one attached hydrogen (secondary N) is 1. The molecule has 0 fully saturated rings. The summed E-state index contributed by atoms with van der Waals surface area (Å²) in [6.07, 6.45) is 0.632. The van der Waals surface area contributed by atoms with Gasteiger partial charge in [-0.15, -0.1) is 0 Å². The van der Waals surface area contributed by atoms with Crippen molar-refractivity contribution in [2.24, 2.45) is 11.7 Å². The molecule has 1 aromatic carbocycles. The average molecular weight is 271 g/mol. The van der Waals surface area contributed by atoms with Crippen LogP contribution in [0.5, 0.6) is 0 Å². The van der Waals surface area contributed by atoms with Crippen molar-refractivity contribution < 1.29 is 14.7 Å². The summed E-state index contributed by atoms with van der Waals surface area (Å²) in [5.74, 6) is -1.56. The van der Waals surface area contributed by atoms with Crippen LogP contribution >= 0.6 is 11.6 Å². The number of halogens is 1. The van der Waals surface area contributed by atoms with E-state index in [-0.39, 0.29) is 29.0 Å². The molecule has 0 saturated carbocycles. The molecule has 0 spiro atoms. The normalized spacial score (nSPS) is 11.9. The standard InChI is InChI=1S/C12H15ClN2O3/c1-2-7(6-14)11(16)15-10-4-3-8(12(17)18)5-9(10)13/h3-5,7H,2,6,14H2,1H3,(H,15,16)(H,17,18). The Bertz CT molecular complexity index is 459. The van der Waals surface area contributed by atoms with E-state index >= 15 is 0 Å². The number of hydrogen-bond donors (Lipinski definition) is 3. The fraction of sp³-hybridized carbons (Fsp3) is 0.333. The minimum absolute atomic E-state index is 0.0730. The smallest absolute Gasteiger partial charge is 0.335 e. The van der Waals surface area contributed by atoms with E-state index in [0.29, 0.717) is 12.1 Å². The summed E-state index contributed by atoms with van der Waals surface area (Å²) < 4.78 is 0. The Morgan fingerprint density at radius 1 is 1.50 bits per heavy atom. The number of amides is 1. The van der Waals surface area contributed by atoms with Crippen molar-refractivity contribution in [2.75, 3.05) is 11.9 Å². The fourth-order valence-corrected chi connectivity index (χ4v) is 1.67. The van der Waals surface area contributed by atoms with Gasteiger partial charge in [-0.05, 0) is 24.6 Å². The Labute approximate surface area is 110 Å². The largest absolute Gasteiger partial charge is 0.478 e. The van der Waals surface area contributed by atoms with Crippen molar-refractivity contribution in [3.05, 3.63) is 28.8 Å². The van der Waals surface area contributed by atoms with E-state index in [0.717, 1.165) is 0 Å². The number of benzene rings is 1. The highest BCUT2D eigenvalue weighted by molar-refractivity contribution is 6.34. The zero-order valence-electron chi connectivity index (χ0n) is 9.94. The Hall–Kier alpha value is -1.59. The number of carboxylic acid groups (broad SMARTS) is 1. The summed E-state index contributed by atoms with van der Waals surface area (Å²) in [5, 5.41) is 11.6. The predicted molar refractivity (Wildman–Crippen MR) is 69.9 cm³/mol. The zero-order valence-corrected chi connectivity index (χ0v) is 10.7. The van der Waals surface area contributed by atoms with Gasteiger partial charge < -0.3 is 16.2 Å². The predicted octanol–water partition coefficient (Wildman–Crippen LogP) is 1.96. The quantitative estimate of drug-likeness (QED) is 0.762. The molecule has 1 aromatic rings. The van der Waals surface area contributed by atoms with Gasteiger partial charge in [0.25, 0.3) is 0 Å². The third-order valence-electron chi connectivity index (χ3n) is 2.62. The molecule has 0 radical (unpaired) electrons. The van der Waals surface area contributed by atoms with E-state index in [2.05, 4.69) is 5.32 Å². The number of aromatic carboxylic acids is 1. The molecule has 1 rings (SSSR count). The molecule has 1 unspecified atom stereocenters. The number of nitrogens with two attached hydrogens (primary N) is 1. The Balaban J connectivity index is 2.86. The maximum atomic E-state index is 11.8. The molecule has 18 heavy (non-hydrogen) atoms. The van der Waals surface area contributed by atoms with Gasteiger partial charge in [-0.3, -0.25) is 4.79 Å². The average Bonchev–Trinajstić information content (AvgIpc) is 2.33. The molecule has 0 aliphatic heterocycles. The van der Waals surface area contributed by atoms with Crippen molar-refractivity contribution in [3.63, 3.8) is 0 Å². The lowest BCUT2D eigenvalue weighted by molar-refractivity contribution is -0.119. The molecule has 0 saturated heterocycles. The molecule has 1 amide bonds. The van der Waals surface area contributed by atoms with Crippen molar-refractivity contribution in [1.29, 1.82) is 0 Å². The van der Waals surface area contributed by atoms with E-state index in [4.69, 9.17) is 22.4 Å². The molecule has 5 nitrogen and oxygen atoms in total. The van der Waals surface area contributed by atoms with Crippen molar-refractivity contribution in [1.82, 2.24) is 0 Å². The number of rotatable bonds is 5. The highest BCUT2D eigenvalue weighted by atomic mass is 35.5. The second kappa shape index (κ2) is 6.37. The van der Waals surface area contributed by atoms with Gasteiger partial charge in [0, 0.05) is 6.54 Å². The van der Waals surface area contributed by atoms with Crippen LogP contribution in [0.25, 0.3) is 0 Å². The summed E-state index contributed by atoms with van der Waals surface area (Å²) in [6.45, 7) is 2.12. The van der Waals surface area contributed by atoms with E-state index in [1.165, 1.54) is 18.2 Å². The molecule has 0 aliphatic carbocycles. The molecule has 0 aromatic heterocycles. The van der Waals surface area contributed by atoms with Crippen LogP contribution in [0.15, 0.2) is 18.2 Å². The van der Waals surface area contributed by atoms with Crippen LogP contribution in [-0.4, -0.2) is 23.5 Å². The molecule has 6 heteroatoms. The van der Waals surface area contributed by atoms with Crippen LogP contribution in [0, 0.1) is 5.92 Å². The summed E-state index contributed by atoms with van der Waals surface area (Å²) in [4.78, 5) is 22.5. The van der Waals surface area contributed by atoms with Gasteiger partial charge in [-0.25, -0.2) is 4.79 Å². The van der Waals surface area contributed by atoms with E-state index in [1.54, 1.807) is 0 Å². The van der Waals surface area contributed by atoms with Crippen LogP contribution in [0.4, 0.5) is 5.69 Å². The minimum Gasteiger partial charge on any atom is -0.478 e. The lowest BCUT2D eigenvalue weighted by Gasteiger charge is -2.13. The molecule has 4 N–H and O–H groups in total. The summed E-state index contributed by atoms with van der Waals surface area (Å²) in [7, 11) is 0. The molecular weight excluding hydrogens is 256 g/mol. The molecule has 98 valence electrons. The van der Waals surface area contributed by atoms with E-state index < -0.39 is 5.97 Å². The van der Waals surface area contributed by atoms with Gasteiger partial charge in [0.15, 0.2) is 0 Å². The van der Waals surface area contributed by atoms with Crippen LogP contribution in [0.3, 0.4) is 0 Å². The number of hydrogen-bond acceptors (Lipinski definition) is 3. The Kier molecular flexibility index (Phi) is 5.12. The van der Waals surface area contributed by atoms with Crippen LogP contribution in [-0.2, 0) is 4.79 Å². The SMILES string of the molecule is CCC(CN)C(=O)Nc1ccc(C(=O)O)cc1Cl. The molecule has 0 aliphatic rings. The van der Waals surface area contributed by atoms with Gasteiger partial charge in [0.2, 0.25) is 5.91 Å². The Morgan fingerprint density at radius 3 is 2.61 bits per heavy atom. The summed E-state index contributed by atoms with van der Waals surface area (Å²) in [6, 6.07) is 4.14. The first-order chi connectivity index (χ1) is 8.49. The maximum absolute atomic E-state index is 11.8. The lowest BCUT2D eigenvalue weighted by Crippen LogP contribution is -2.28. The lowest BCUT2D eigenvalue weighted by atomic mass is 10.1. The minimum atomic E-state index is -1.07.